The Kier molecular flexibility index (Phi) is 9.62. The average molecular weight is 367 g/mol. The lowest BCUT2D eigenvalue weighted by Crippen LogP contribution is -2.32. The summed E-state index contributed by atoms with van der Waals surface area (Å²) in [5, 5.41) is 6.73. The van der Waals surface area contributed by atoms with Crippen LogP contribution < -0.4 is 11.1 Å². The van der Waals surface area contributed by atoms with Gasteiger partial charge in [-0.2, -0.15) is 4.98 Å². The first-order chi connectivity index (χ1) is 8.22. The van der Waals surface area contributed by atoms with Crippen LogP contribution in [0.2, 0.25) is 0 Å². The van der Waals surface area contributed by atoms with Crippen LogP contribution in [0.1, 0.15) is 44.3 Å². The van der Waals surface area contributed by atoms with Crippen molar-refractivity contribution in [2.24, 2.45) is 10.7 Å². The second-order valence-corrected chi connectivity index (χ2v) is 3.92. The van der Waals surface area contributed by atoms with Crippen molar-refractivity contribution >= 4 is 29.9 Å². The fourth-order valence-electron chi connectivity index (χ4n) is 1.38. The molecule has 1 aromatic rings. The molecule has 0 bridgehead atoms. The Balaban J connectivity index is 0.00000289. The Bertz CT molecular complexity index is 353. The summed E-state index contributed by atoms with van der Waals surface area (Å²) in [7, 11) is 0. The van der Waals surface area contributed by atoms with Crippen LogP contribution in [0.3, 0.4) is 0 Å². The summed E-state index contributed by atoms with van der Waals surface area (Å²) in [6.45, 7) is 5.15. The summed E-state index contributed by atoms with van der Waals surface area (Å²) >= 11 is 0. The average Bonchev–Trinajstić information content (AvgIpc) is 2.72. The zero-order chi connectivity index (χ0) is 12.5. The van der Waals surface area contributed by atoms with Crippen LogP contribution >= 0.6 is 24.0 Å². The molecule has 0 saturated heterocycles. The monoisotopic (exact) mass is 367 g/mol. The van der Waals surface area contributed by atoms with E-state index in [1.54, 1.807) is 6.92 Å². The van der Waals surface area contributed by atoms with Gasteiger partial charge < -0.3 is 15.6 Å². The Hall–Kier alpha value is -0.860. The van der Waals surface area contributed by atoms with Crippen molar-refractivity contribution in [2.75, 3.05) is 6.54 Å². The summed E-state index contributed by atoms with van der Waals surface area (Å²) < 4.78 is 4.92. The number of aliphatic imine (C=N–C) groups is 1. The van der Waals surface area contributed by atoms with Crippen molar-refractivity contribution in [2.45, 2.75) is 46.1 Å². The van der Waals surface area contributed by atoms with E-state index in [4.69, 9.17) is 10.3 Å². The van der Waals surface area contributed by atoms with Gasteiger partial charge >= 0.3 is 0 Å². The summed E-state index contributed by atoms with van der Waals surface area (Å²) in [6.07, 6.45) is 4.84. The minimum Gasteiger partial charge on any atom is -0.370 e. The van der Waals surface area contributed by atoms with Crippen LogP contribution in [-0.4, -0.2) is 22.6 Å². The molecule has 1 heterocycles. The predicted octanol–water partition coefficient (Wildman–Crippen LogP) is 1.98. The van der Waals surface area contributed by atoms with E-state index < -0.39 is 0 Å². The first kappa shape index (κ1) is 17.1. The molecule has 0 radical (unpaired) electrons. The molecule has 0 aromatic carbocycles. The Labute approximate surface area is 125 Å². The second-order valence-electron chi connectivity index (χ2n) is 3.92. The number of rotatable bonds is 7. The number of aromatic nitrogens is 2. The molecule has 0 aliphatic carbocycles. The molecule has 7 heteroatoms. The Morgan fingerprint density at radius 3 is 2.78 bits per heavy atom. The van der Waals surface area contributed by atoms with Crippen molar-refractivity contribution in [3.63, 3.8) is 0 Å². The van der Waals surface area contributed by atoms with Crippen molar-refractivity contribution in [3.8, 4) is 0 Å². The van der Waals surface area contributed by atoms with Crippen LogP contribution in [0.25, 0.3) is 0 Å². The number of hydrogen-bond acceptors (Lipinski definition) is 4. The first-order valence-electron chi connectivity index (χ1n) is 6.05. The maximum atomic E-state index is 5.69. The molecule has 0 atom stereocenters. The maximum Gasteiger partial charge on any atom is 0.248 e. The number of unbranched alkanes of at least 4 members (excludes halogenated alkanes) is 3. The van der Waals surface area contributed by atoms with Gasteiger partial charge in [0.1, 0.15) is 6.54 Å². The van der Waals surface area contributed by atoms with E-state index in [1.165, 1.54) is 19.3 Å². The van der Waals surface area contributed by atoms with Gasteiger partial charge in [-0.25, -0.2) is 4.99 Å². The molecule has 0 saturated carbocycles. The second kappa shape index (κ2) is 10.1. The van der Waals surface area contributed by atoms with Crippen LogP contribution in [0.5, 0.6) is 0 Å². The minimum absolute atomic E-state index is 0. The van der Waals surface area contributed by atoms with Gasteiger partial charge in [0.25, 0.3) is 0 Å². The van der Waals surface area contributed by atoms with Crippen molar-refractivity contribution in [1.29, 1.82) is 0 Å². The molecule has 0 unspecified atom stereocenters. The van der Waals surface area contributed by atoms with Gasteiger partial charge in [-0.15, -0.1) is 24.0 Å². The molecule has 6 nitrogen and oxygen atoms in total. The van der Waals surface area contributed by atoms with Crippen LogP contribution in [-0.2, 0) is 6.54 Å². The molecular weight excluding hydrogens is 345 g/mol. The fourth-order valence-corrected chi connectivity index (χ4v) is 1.38. The molecule has 18 heavy (non-hydrogen) atoms. The number of nitrogens with zero attached hydrogens (tertiary/aromatic N) is 3. The van der Waals surface area contributed by atoms with Gasteiger partial charge in [-0.05, 0) is 13.3 Å². The number of nitrogens with two attached hydrogens (primary N) is 1. The molecule has 1 rings (SSSR count). The highest BCUT2D eigenvalue weighted by Crippen LogP contribution is 1.98. The topological polar surface area (TPSA) is 89.3 Å². The third-order valence-electron chi connectivity index (χ3n) is 2.29. The predicted molar refractivity (Wildman–Crippen MR) is 81.9 cm³/mol. The first-order valence-corrected chi connectivity index (χ1v) is 6.05. The molecule has 0 aliphatic heterocycles. The van der Waals surface area contributed by atoms with Gasteiger partial charge in [-0.1, -0.05) is 31.3 Å². The van der Waals surface area contributed by atoms with Gasteiger partial charge in [-0.3, -0.25) is 0 Å². The van der Waals surface area contributed by atoms with E-state index >= 15 is 0 Å². The van der Waals surface area contributed by atoms with Gasteiger partial charge in [0.15, 0.2) is 11.8 Å². The quantitative estimate of drug-likeness (QED) is 0.333. The van der Waals surface area contributed by atoms with Crippen molar-refractivity contribution in [1.82, 2.24) is 15.5 Å². The molecule has 0 spiro atoms. The zero-order valence-electron chi connectivity index (χ0n) is 11.0. The summed E-state index contributed by atoms with van der Waals surface area (Å²) in [6, 6.07) is 0. The molecule has 0 fully saturated rings. The fraction of sp³-hybridized carbons (Fsp3) is 0.727. The number of nitrogens with one attached hydrogen (secondary N) is 1. The molecule has 0 amide bonds. The number of guanidine groups is 1. The van der Waals surface area contributed by atoms with Crippen LogP contribution in [0, 0.1) is 6.92 Å². The third-order valence-corrected chi connectivity index (χ3v) is 2.29. The maximum absolute atomic E-state index is 5.69. The molecule has 104 valence electrons. The lowest BCUT2D eigenvalue weighted by molar-refractivity contribution is 0.376. The number of hydrogen-bond donors (Lipinski definition) is 2. The SMILES string of the molecule is CCCCCCNC(N)=NCc1nc(C)no1.I. The molecule has 1 aromatic heterocycles. The van der Waals surface area contributed by atoms with E-state index in [0.29, 0.717) is 24.2 Å². The largest absolute Gasteiger partial charge is 0.370 e. The third kappa shape index (κ3) is 7.46. The molecule has 0 aliphatic rings. The van der Waals surface area contributed by atoms with Gasteiger partial charge in [0.2, 0.25) is 5.89 Å². The van der Waals surface area contributed by atoms with E-state index in [0.717, 1.165) is 13.0 Å². The van der Waals surface area contributed by atoms with Crippen molar-refractivity contribution in [3.05, 3.63) is 11.7 Å². The van der Waals surface area contributed by atoms with Gasteiger partial charge in [0, 0.05) is 6.54 Å². The van der Waals surface area contributed by atoms with Crippen LogP contribution in [0.15, 0.2) is 9.52 Å². The number of aryl methyl sites for hydroxylation is 1. The van der Waals surface area contributed by atoms with E-state index in [1.807, 2.05) is 0 Å². The summed E-state index contributed by atoms with van der Waals surface area (Å²) in [5.74, 6) is 1.52. The highest BCUT2D eigenvalue weighted by Gasteiger charge is 2.00. The highest BCUT2D eigenvalue weighted by atomic mass is 127. The van der Waals surface area contributed by atoms with Gasteiger partial charge in [0.05, 0.1) is 0 Å². The Morgan fingerprint density at radius 1 is 1.39 bits per heavy atom. The number of halogens is 1. The molecule has 3 N–H and O–H groups in total. The Morgan fingerprint density at radius 2 is 2.17 bits per heavy atom. The van der Waals surface area contributed by atoms with E-state index in [-0.39, 0.29) is 24.0 Å². The lowest BCUT2D eigenvalue weighted by Gasteiger charge is -2.04. The standard InChI is InChI=1S/C11H21N5O.HI/c1-3-4-5-6-7-13-11(12)14-8-10-15-9(2)16-17-10;/h3-8H2,1-2H3,(H3,12,13,14);1H. The molecular formula is C11H22IN5O. The highest BCUT2D eigenvalue weighted by molar-refractivity contribution is 14.0. The normalized spacial score (nSPS) is 11.1. The minimum atomic E-state index is 0. The summed E-state index contributed by atoms with van der Waals surface area (Å²) in [4.78, 5) is 8.15. The smallest absolute Gasteiger partial charge is 0.248 e. The zero-order valence-corrected chi connectivity index (χ0v) is 13.3. The van der Waals surface area contributed by atoms with Crippen LogP contribution in [0.4, 0.5) is 0 Å². The van der Waals surface area contributed by atoms with E-state index in [2.05, 4.69) is 27.4 Å². The summed E-state index contributed by atoms with van der Waals surface area (Å²) in [5.41, 5.74) is 5.69. The van der Waals surface area contributed by atoms with E-state index in [9.17, 15) is 0 Å². The lowest BCUT2D eigenvalue weighted by atomic mass is 10.2. The van der Waals surface area contributed by atoms with Crippen molar-refractivity contribution < 1.29 is 4.52 Å².